The Morgan fingerprint density at radius 1 is 1.28 bits per heavy atom. The Balaban J connectivity index is 2.19. The summed E-state index contributed by atoms with van der Waals surface area (Å²) in [6, 6.07) is -1.29. The third-order valence-corrected chi connectivity index (χ3v) is 3.49. The van der Waals surface area contributed by atoms with E-state index in [2.05, 4.69) is 0 Å². The van der Waals surface area contributed by atoms with Crippen molar-refractivity contribution in [2.45, 2.75) is 57.4 Å². The van der Waals surface area contributed by atoms with Crippen LogP contribution in [0, 0.1) is 5.92 Å². The number of aliphatic hydroxyl groups is 1. The number of hydrogen-bond donors (Lipinski definition) is 2. The first-order chi connectivity index (χ1) is 8.20. The minimum absolute atomic E-state index is 0.171. The van der Waals surface area contributed by atoms with Crippen molar-refractivity contribution in [2.75, 3.05) is 0 Å². The van der Waals surface area contributed by atoms with E-state index in [1.807, 2.05) is 0 Å². The van der Waals surface area contributed by atoms with Gasteiger partial charge in [-0.25, -0.2) is 9.59 Å². The number of ether oxygens (including phenoxy) is 1. The SMILES string of the molecule is CC(C)(C)OC(=O)N1[C@H](C(=O)O)[C@H]2C[C@H](O)[C@@H]1C2. The number of piperidine rings is 1. The fourth-order valence-electron chi connectivity index (χ4n) is 2.91. The van der Waals surface area contributed by atoms with E-state index < -0.39 is 35.9 Å². The van der Waals surface area contributed by atoms with Crippen LogP contribution in [0.15, 0.2) is 0 Å². The van der Waals surface area contributed by atoms with E-state index in [0.29, 0.717) is 12.8 Å². The molecule has 4 atom stereocenters. The van der Waals surface area contributed by atoms with E-state index in [-0.39, 0.29) is 5.92 Å². The Morgan fingerprint density at radius 2 is 1.89 bits per heavy atom. The zero-order chi connectivity index (χ0) is 13.7. The summed E-state index contributed by atoms with van der Waals surface area (Å²) >= 11 is 0. The lowest BCUT2D eigenvalue weighted by atomic mass is 9.98. The van der Waals surface area contributed by atoms with Crippen LogP contribution >= 0.6 is 0 Å². The fraction of sp³-hybridized carbons (Fsp3) is 0.833. The predicted molar refractivity (Wildman–Crippen MR) is 62.0 cm³/mol. The molecule has 2 rings (SSSR count). The maximum Gasteiger partial charge on any atom is 0.411 e. The third-order valence-electron chi connectivity index (χ3n) is 3.49. The monoisotopic (exact) mass is 257 g/mol. The van der Waals surface area contributed by atoms with Crippen LogP contribution in [-0.2, 0) is 9.53 Å². The van der Waals surface area contributed by atoms with E-state index >= 15 is 0 Å². The van der Waals surface area contributed by atoms with Crippen molar-refractivity contribution >= 4 is 12.1 Å². The van der Waals surface area contributed by atoms with Gasteiger partial charge in [-0.05, 0) is 39.5 Å². The summed E-state index contributed by atoms with van der Waals surface area (Å²) in [4.78, 5) is 24.5. The topological polar surface area (TPSA) is 87.1 Å². The summed E-state index contributed by atoms with van der Waals surface area (Å²) in [5.74, 6) is -1.20. The number of nitrogens with zero attached hydrogens (tertiary/aromatic N) is 1. The largest absolute Gasteiger partial charge is 0.480 e. The lowest BCUT2D eigenvalue weighted by Gasteiger charge is -2.36. The molecule has 2 aliphatic rings. The first-order valence-corrected chi connectivity index (χ1v) is 6.13. The van der Waals surface area contributed by atoms with Crippen molar-refractivity contribution in [1.82, 2.24) is 4.90 Å². The minimum atomic E-state index is -1.03. The minimum Gasteiger partial charge on any atom is -0.480 e. The Hall–Kier alpha value is -1.30. The molecule has 6 heteroatoms. The molecule has 0 aromatic heterocycles. The second-order valence-corrected chi connectivity index (χ2v) is 6.04. The van der Waals surface area contributed by atoms with E-state index in [0.717, 1.165) is 0 Å². The number of rotatable bonds is 1. The highest BCUT2D eigenvalue weighted by atomic mass is 16.6. The van der Waals surface area contributed by atoms with Gasteiger partial charge in [0.15, 0.2) is 0 Å². The number of aliphatic hydroxyl groups excluding tert-OH is 1. The summed E-state index contributed by atoms with van der Waals surface area (Å²) in [7, 11) is 0. The highest BCUT2D eigenvalue weighted by molar-refractivity contribution is 5.82. The highest BCUT2D eigenvalue weighted by Crippen LogP contribution is 2.43. The molecule has 1 aliphatic heterocycles. The molecular formula is C12H19NO5. The molecule has 2 fully saturated rings. The summed E-state index contributed by atoms with van der Waals surface area (Å²) in [6.45, 7) is 5.18. The van der Waals surface area contributed by atoms with Crippen LogP contribution < -0.4 is 0 Å². The molecule has 0 radical (unpaired) electrons. The van der Waals surface area contributed by atoms with Crippen LogP contribution in [0.25, 0.3) is 0 Å². The third kappa shape index (κ3) is 2.16. The number of carbonyl (C=O) groups is 2. The number of aliphatic carboxylic acids is 1. The van der Waals surface area contributed by atoms with Gasteiger partial charge in [0, 0.05) is 0 Å². The molecule has 1 saturated carbocycles. The van der Waals surface area contributed by atoms with E-state index in [9.17, 15) is 19.8 Å². The summed E-state index contributed by atoms with van der Waals surface area (Å²) in [5.41, 5.74) is -0.674. The molecule has 2 N–H and O–H groups in total. The molecular weight excluding hydrogens is 238 g/mol. The first-order valence-electron chi connectivity index (χ1n) is 6.13. The maximum atomic E-state index is 12.0. The number of carbonyl (C=O) groups excluding carboxylic acids is 1. The second-order valence-electron chi connectivity index (χ2n) is 6.04. The molecule has 1 heterocycles. The zero-order valence-corrected chi connectivity index (χ0v) is 10.8. The van der Waals surface area contributed by atoms with Gasteiger partial charge in [-0.1, -0.05) is 0 Å². The van der Waals surface area contributed by atoms with Crippen molar-refractivity contribution < 1.29 is 24.5 Å². The molecule has 6 nitrogen and oxygen atoms in total. The molecule has 1 saturated heterocycles. The Bertz CT molecular complexity index is 375. The Morgan fingerprint density at radius 3 is 2.39 bits per heavy atom. The standard InChI is InChI=1S/C12H19NO5/c1-12(2,3)18-11(17)13-7-4-6(5-8(7)14)9(13)10(15)16/h6-9,14H,4-5H2,1-3H3,(H,15,16)/t6-,7+,8+,9+/m1/s1. The summed E-state index contributed by atoms with van der Waals surface area (Å²) < 4.78 is 5.22. The van der Waals surface area contributed by atoms with Crippen LogP contribution in [0.2, 0.25) is 0 Å². The van der Waals surface area contributed by atoms with Crippen molar-refractivity contribution in [2.24, 2.45) is 5.92 Å². The molecule has 102 valence electrons. The lowest BCUT2D eigenvalue weighted by molar-refractivity contribution is -0.146. The molecule has 1 aliphatic carbocycles. The quantitative estimate of drug-likeness (QED) is 0.726. The van der Waals surface area contributed by atoms with Gasteiger partial charge in [0.25, 0.3) is 0 Å². The Kier molecular flexibility index (Phi) is 3.01. The smallest absolute Gasteiger partial charge is 0.411 e. The second kappa shape index (κ2) is 4.12. The molecule has 2 bridgehead atoms. The zero-order valence-electron chi connectivity index (χ0n) is 10.8. The lowest BCUT2D eigenvalue weighted by Crippen LogP contribution is -2.54. The van der Waals surface area contributed by atoms with Gasteiger partial charge in [0.1, 0.15) is 11.6 Å². The van der Waals surface area contributed by atoms with Gasteiger partial charge >= 0.3 is 12.1 Å². The normalized spacial score (nSPS) is 34.8. The van der Waals surface area contributed by atoms with Crippen molar-refractivity contribution in [3.05, 3.63) is 0 Å². The predicted octanol–water partition coefficient (Wildman–Crippen LogP) is 0.830. The van der Waals surface area contributed by atoms with Gasteiger partial charge in [0.2, 0.25) is 0 Å². The van der Waals surface area contributed by atoms with Gasteiger partial charge in [0.05, 0.1) is 12.1 Å². The van der Waals surface area contributed by atoms with Crippen LogP contribution in [0.5, 0.6) is 0 Å². The number of amides is 1. The van der Waals surface area contributed by atoms with Crippen LogP contribution in [0.1, 0.15) is 33.6 Å². The number of carboxylic acids is 1. The maximum absolute atomic E-state index is 12.0. The average Bonchev–Trinajstić information content (AvgIpc) is 2.69. The van der Waals surface area contributed by atoms with Crippen LogP contribution in [0.3, 0.4) is 0 Å². The molecule has 1 amide bonds. The van der Waals surface area contributed by atoms with E-state index in [1.54, 1.807) is 20.8 Å². The van der Waals surface area contributed by atoms with E-state index in [1.165, 1.54) is 4.90 Å². The molecule has 0 spiro atoms. The Labute approximate surface area is 106 Å². The van der Waals surface area contributed by atoms with Gasteiger partial charge in [-0.3, -0.25) is 4.90 Å². The van der Waals surface area contributed by atoms with Crippen molar-refractivity contribution in [3.63, 3.8) is 0 Å². The molecule has 18 heavy (non-hydrogen) atoms. The number of fused-ring (bicyclic) bond motifs is 2. The van der Waals surface area contributed by atoms with Crippen LogP contribution in [0.4, 0.5) is 4.79 Å². The van der Waals surface area contributed by atoms with Crippen molar-refractivity contribution in [1.29, 1.82) is 0 Å². The first kappa shape index (κ1) is 13.1. The molecule has 0 aromatic rings. The number of likely N-dealkylation sites (tertiary alicyclic amines) is 1. The molecule has 0 aromatic carbocycles. The number of carboxylic acid groups (broad SMARTS) is 1. The van der Waals surface area contributed by atoms with Gasteiger partial charge in [-0.2, -0.15) is 0 Å². The van der Waals surface area contributed by atoms with Crippen molar-refractivity contribution in [3.8, 4) is 0 Å². The number of hydrogen-bond acceptors (Lipinski definition) is 4. The van der Waals surface area contributed by atoms with Gasteiger partial charge in [-0.15, -0.1) is 0 Å². The highest BCUT2D eigenvalue weighted by Gasteiger charge is 2.56. The summed E-state index contributed by atoms with van der Waals surface area (Å²) in [6.07, 6.45) is -0.308. The van der Waals surface area contributed by atoms with E-state index in [4.69, 9.17) is 4.74 Å². The molecule has 0 unspecified atom stereocenters. The fourth-order valence-corrected chi connectivity index (χ4v) is 2.91. The summed E-state index contributed by atoms with van der Waals surface area (Å²) in [5, 5.41) is 19.0. The average molecular weight is 257 g/mol. The van der Waals surface area contributed by atoms with Gasteiger partial charge < -0.3 is 14.9 Å². The van der Waals surface area contributed by atoms with Crippen LogP contribution in [-0.4, -0.2) is 51.0 Å².